The average Bonchev–Trinajstić information content (AvgIpc) is 2.85. The van der Waals surface area contributed by atoms with Crippen LogP contribution < -0.4 is 11.4 Å². The van der Waals surface area contributed by atoms with Crippen molar-refractivity contribution in [3.8, 4) is 11.8 Å². The number of nitrogen functional groups attached to an aromatic ring is 1. The van der Waals surface area contributed by atoms with Gasteiger partial charge in [-0.25, -0.2) is 4.79 Å². The Labute approximate surface area is 136 Å². The summed E-state index contributed by atoms with van der Waals surface area (Å²) in [5.74, 6) is 5.68. The summed E-state index contributed by atoms with van der Waals surface area (Å²) in [6, 6.07) is 0. The van der Waals surface area contributed by atoms with Crippen LogP contribution in [0.3, 0.4) is 0 Å². The Kier molecular flexibility index (Phi) is 5.58. The summed E-state index contributed by atoms with van der Waals surface area (Å²) in [5.41, 5.74) is 5.72. The van der Waals surface area contributed by atoms with Crippen molar-refractivity contribution < 1.29 is 12.5 Å². The maximum atomic E-state index is 12.0. The summed E-state index contributed by atoms with van der Waals surface area (Å²) >= 11 is 1.83. The second-order valence-corrected chi connectivity index (χ2v) is 5.06. The summed E-state index contributed by atoms with van der Waals surface area (Å²) in [6.45, 7) is 2.08. The van der Waals surface area contributed by atoms with Gasteiger partial charge in [-0.2, -0.15) is 4.98 Å². The van der Waals surface area contributed by atoms with Crippen LogP contribution in [0.15, 0.2) is 11.0 Å². The monoisotopic (exact) mass is 405 g/mol. The maximum absolute atomic E-state index is 12.0. The minimum atomic E-state index is -0.470. The molecule has 114 valence electrons. The van der Waals surface area contributed by atoms with Gasteiger partial charge in [-0.1, -0.05) is 5.92 Å². The van der Waals surface area contributed by atoms with Gasteiger partial charge in [-0.15, -0.1) is 5.92 Å². The molecular weight excluding hydrogens is 389 g/mol. The van der Waals surface area contributed by atoms with Gasteiger partial charge >= 0.3 is 5.69 Å². The minimum absolute atomic E-state index is 0.124. The highest BCUT2D eigenvalue weighted by atomic mass is 127. The lowest BCUT2D eigenvalue weighted by molar-refractivity contribution is -0.0468. The quantitative estimate of drug-likeness (QED) is 0.591. The van der Waals surface area contributed by atoms with Gasteiger partial charge < -0.3 is 18.3 Å². The number of hydrogen-bond donors (Lipinski definition) is 1. The lowest BCUT2D eigenvalue weighted by Gasteiger charge is -2.16. The van der Waals surface area contributed by atoms with Crippen LogP contribution in [0, 0.1) is 11.8 Å². The summed E-state index contributed by atoms with van der Waals surface area (Å²) < 4.78 is 17.7. The van der Waals surface area contributed by atoms with Crippen LogP contribution in [0.4, 0.5) is 5.82 Å². The van der Waals surface area contributed by atoms with Gasteiger partial charge in [0.05, 0.1) is 12.2 Å². The summed E-state index contributed by atoms with van der Waals surface area (Å²) in [4.78, 5) is 15.8. The number of aromatic nitrogens is 2. The predicted octanol–water partition coefficient (Wildman–Crippen LogP) is 0.866. The topological polar surface area (TPSA) is 88.6 Å². The highest BCUT2D eigenvalue weighted by Gasteiger charge is 2.37. The van der Waals surface area contributed by atoms with Gasteiger partial charge in [0, 0.05) is 19.7 Å². The number of anilines is 1. The molecular formula is C13H16IN3O4. The van der Waals surface area contributed by atoms with Crippen molar-refractivity contribution in [2.45, 2.75) is 31.8 Å². The average molecular weight is 405 g/mol. The van der Waals surface area contributed by atoms with Crippen molar-refractivity contribution in [1.29, 1.82) is 0 Å². The third-order valence-electron chi connectivity index (χ3n) is 3.18. The van der Waals surface area contributed by atoms with Crippen molar-refractivity contribution in [3.63, 3.8) is 0 Å². The minimum Gasteiger partial charge on any atom is -0.382 e. The van der Waals surface area contributed by atoms with E-state index in [1.807, 2.05) is 23.0 Å². The molecule has 21 heavy (non-hydrogen) atoms. The Morgan fingerprint density at radius 2 is 2.43 bits per heavy atom. The van der Waals surface area contributed by atoms with E-state index in [4.69, 9.17) is 18.3 Å². The second kappa shape index (κ2) is 7.22. The standard InChI is InChI=1S/C13H16IN3O4/c1-3-4-8-6-17(13(18)16-12(8)15)11-5-9(21-14)10(20-11)7-19-2/h6,9-11H,5,7H2,1-2H3,(H2,15,16,18)/t9?,10-,11-/m1/s1. The van der Waals surface area contributed by atoms with E-state index in [0.717, 1.165) is 0 Å². The molecule has 1 aliphatic heterocycles. The molecule has 0 spiro atoms. The molecule has 0 aromatic carbocycles. The number of halogens is 1. The lowest BCUT2D eigenvalue weighted by Crippen LogP contribution is -2.29. The van der Waals surface area contributed by atoms with Gasteiger partial charge in [0.1, 0.15) is 47.3 Å². The summed E-state index contributed by atoms with van der Waals surface area (Å²) in [6.07, 6.45) is 1.25. The van der Waals surface area contributed by atoms with Crippen LogP contribution in [0.25, 0.3) is 0 Å². The molecule has 8 heteroatoms. The highest BCUT2D eigenvalue weighted by Crippen LogP contribution is 2.31. The van der Waals surface area contributed by atoms with Crippen molar-refractivity contribution in [1.82, 2.24) is 9.55 Å². The number of ether oxygens (including phenoxy) is 2. The molecule has 0 saturated carbocycles. The first kappa shape index (κ1) is 16.2. The fourth-order valence-electron chi connectivity index (χ4n) is 2.20. The first-order valence-electron chi connectivity index (χ1n) is 6.34. The Morgan fingerprint density at radius 1 is 1.67 bits per heavy atom. The van der Waals surface area contributed by atoms with Gasteiger partial charge in [-0.3, -0.25) is 4.57 Å². The van der Waals surface area contributed by atoms with Crippen molar-refractivity contribution in [2.75, 3.05) is 19.5 Å². The molecule has 2 rings (SSSR count). The lowest BCUT2D eigenvalue weighted by atomic mass is 10.2. The van der Waals surface area contributed by atoms with Crippen molar-refractivity contribution in [3.05, 3.63) is 22.2 Å². The van der Waals surface area contributed by atoms with E-state index >= 15 is 0 Å². The third kappa shape index (κ3) is 3.55. The largest absolute Gasteiger partial charge is 0.382 e. The molecule has 2 heterocycles. The number of hydrogen-bond acceptors (Lipinski definition) is 6. The highest BCUT2D eigenvalue weighted by molar-refractivity contribution is 14.1. The molecule has 1 aromatic rings. The Hall–Kier alpha value is -1.15. The first-order valence-corrected chi connectivity index (χ1v) is 7.22. The smallest absolute Gasteiger partial charge is 0.351 e. The number of nitrogens with zero attached hydrogens (tertiary/aromatic N) is 2. The number of nitrogens with two attached hydrogens (primary N) is 1. The van der Waals surface area contributed by atoms with Crippen LogP contribution in [0.1, 0.15) is 25.1 Å². The van der Waals surface area contributed by atoms with Crippen molar-refractivity contribution in [2.24, 2.45) is 0 Å². The van der Waals surface area contributed by atoms with Gasteiger partial charge in [0.15, 0.2) is 0 Å². The Balaban J connectivity index is 2.31. The number of rotatable bonds is 4. The van der Waals surface area contributed by atoms with Crippen LogP contribution in [0.2, 0.25) is 0 Å². The van der Waals surface area contributed by atoms with Crippen molar-refractivity contribution >= 4 is 28.8 Å². The van der Waals surface area contributed by atoms with E-state index in [1.54, 1.807) is 20.2 Å². The molecule has 7 nitrogen and oxygen atoms in total. The molecule has 2 N–H and O–H groups in total. The van der Waals surface area contributed by atoms with E-state index in [9.17, 15) is 4.79 Å². The zero-order chi connectivity index (χ0) is 15.4. The third-order valence-corrected chi connectivity index (χ3v) is 3.83. The molecule has 1 aromatic heterocycles. The van der Waals surface area contributed by atoms with E-state index in [0.29, 0.717) is 18.6 Å². The Bertz CT molecular complexity index is 622. The van der Waals surface area contributed by atoms with Gasteiger partial charge in [-0.05, 0) is 6.92 Å². The normalized spacial score (nSPS) is 24.6. The maximum Gasteiger partial charge on any atom is 0.351 e. The fourth-order valence-corrected chi connectivity index (χ4v) is 2.73. The Morgan fingerprint density at radius 3 is 3.05 bits per heavy atom. The molecule has 1 fully saturated rings. The van der Waals surface area contributed by atoms with E-state index < -0.39 is 11.9 Å². The first-order chi connectivity index (χ1) is 10.1. The van der Waals surface area contributed by atoms with Crippen LogP contribution in [-0.2, 0) is 12.5 Å². The molecule has 0 radical (unpaired) electrons. The molecule has 0 amide bonds. The summed E-state index contributed by atoms with van der Waals surface area (Å²) in [5, 5.41) is 0. The molecule has 0 aliphatic carbocycles. The van der Waals surface area contributed by atoms with Crippen LogP contribution in [-0.4, -0.2) is 35.5 Å². The van der Waals surface area contributed by atoms with Gasteiger partial charge in [0.2, 0.25) is 0 Å². The van der Waals surface area contributed by atoms with E-state index in [1.165, 1.54) is 4.57 Å². The molecule has 3 atom stereocenters. The fraction of sp³-hybridized carbons (Fsp3) is 0.538. The second-order valence-electron chi connectivity index (χ2n) is 4.55. The predicted molar refractivity (Wildman–Crippen MR) is 84.8 cm³/mol. The summed E-state index contributed by atoms with van der Waals surface area (Å²) in [7, 11) is 1.59. The number of methoxy groups -OCH3 is 1. The molecule has 1 unspecified atom stereocenters. The molecule has 1 aliphatic rings. The zero-order valence-electron chi connectivity index (χ0n) is 11.7. The van der Waals surface area contributed by atoms with E-state index in [-0.39, 0.29) is 18.0 Å². The molecule has 1 saturated heterocycles. The molecule has 0 bridgehead atoms. The van der Waals surface area contributed by atoms with Gasteiger partial charge in [0.25, 0.3) is 0 Å². The van der Waals surface area contributed by atoms with E-state index in [2.05, 4.69) is 16.8 Å². The SMILES string of the molecule is CC#Cc1cn([C@H]2CC(OI)[C@@H](COC)O2)c(=O)nc1N. The van der Waals surface area contributed by atoms with Crippen LogP contribution in [0.5, 0.6) is 0 Å². The zero-order valence-corrected chi connectivity index (χ0v) is 13.9. The van der Waals surface area contributed by atoms with Crippen LogP contribution >= 0.6 is 23.0 Å².